The summed E-state index contributed by atoms with van der Waals surface area (Å²) in [7, 11) is 0. The first kappa shape index (κ1) is 8.12. The quantitative estimate of drug-likeness (QED) is 0.611. The number of hydrogen-bond acceptors (Lipinski definition) is 2. The fraction of sp³-hybridized carbons (Fsp3) is 0.875. The predicted molar refractivity (Wildman–Crippen MR) is 47.8 cm³/mol. The van der Waals surface area contributed by atoms with E-state index < -0.39 is 0 Å². The van der Waals surface area contributed by atoms with Crippen molar-refractivity contribution < 1.29 is 0 Å². The molecule has 0 amide bonds. The van der Waals surface area contributed by atoms with Crippen molar-refractivity contribution in [3.63, 3.8) is 0 Å². The largest absolute Gasteiger partial charge is 0.271 e. The second-order valence-corrected chi connectivity index (χ2v) is 3.78. The Kier molecular flexibility index (Phi) is 3.26. The third-order valence-electron chi connectivity index (χ3n) is 1.84. The molecule has 1 radical (unpaired) electrons. The lowest BCUT2D eigenvalue weighted by Gasteiger charge is -2.10. The van der Waals surface area contributed by atoms with Crippen LogP contribution in [0.15, 0.2) is 4.99 Å². The van der Waals surface area contributed by atoms with Gasteiger partial charge in [0.05, 0.1) is 6.04 Å². The van der Waals surface area contributed by atoms with E-state index in [2.05, 4.69) is 24.4 Å². The van der Waals surface area contributed by atoms with E-state index in [9.17, 15) is 0 Å². The molecule has 0 N–H and O–H groups in total. The third kappa shape index (κ3) is 2.01. The number of aliphatic imine (C=N–C) groups is 1. The summed E-state index contributed by atoms with van der Waals surface area (Å²) in [5, 5.41) is 0.722. The van der Waals surface area contributed by atoms with Gasteiger partial charge in [-0.15, -0.1) is 0 Å². The van der Waals surface area contributed by atoms with Gasteiger partial charge in [-0.2, -0.15) is 0 Å². The van der Waals surface area contributed by atoms with E-state index in [0.717, 1.165) is 5.25 Å². The maximum absolute atomic E-state index is 4.18. The molecule has 2 unspecified atom stereocenters. The van der Waals surface area contributed by atoms with Gasteiger partial charge in [-0.25, -0.2) is 0 Å². The molecule has 1 rings (SSSR count). The lowest BCUT2D eigenvalue weighted by molar-refractivity contribution is 0.618. The Morgan fingerprint density at radius 2 is 2.40 bits per heavy atom. The van der Waals surface area contributed by atoms with E-state index in [-0.39, 0.29) is 0 Å². The first-order valence-corrected chi connectivity index (χ1v) is 4.83. The lowest BCUT2D eigenvalue weighted by Crippen LogP contribution is -2.12. The molecule has 1 nitrogen and oxygen atoms in total. The predicted octanol–water partition coefficient (Wildman–Crippen LogP) is 2.59. The van der Waals surface area contributed by atoms with E-state index in [1.807, 2.05) is 0 Å². The summed E-state index contributed by atoms with van der Waals surface area (Å²) in [5.74, 6) is 0. The van der Waals surface area contributed by atoms with Gasteiger partial charge in [-0.05, 0) is 13.3 Å². The van der Waals surface area contributed by atoms with Crippen molar-refractivity contribution in [2.75, 3.05) is 0 Å². The van der Waals surface area contributed by atoms with Crippen molar-refractivity contribution in [2.24, 2.45) is 4.99 Å². The van der Waals surface area contributed by atoms with Crippen LogP contribution in [0.5, 0.6) is 0 Å². The van der Waals surface area contributed by atoms with Crippen LogP contribution >= 0.6 is 11.8 Å². The molecule has 2 heteroatoms. The second-order valence-electron chi connectivity index (χ2n) is 2.76. The molecule has 0 bridgehead atoms. The molecule has 2 atom stereocenters. The summed E-state index contributed by atoms with van der Waals surface area (Å²) < 4.78 is 0. The molecular formula is C8H14NS. The molecule has 0 aliphatic carbocycles. The molecule has 0 saturated heterocycles. The van der Waals surface area contributed by atoms with E-state index >= 15 is 0 Å². The van der Waals surface area contributed by atoms with Crippen molar-refractivity contribution in [3.8, 4) is 0 Å². The lowest BCUT2D eigenvalue weighted by atomic mass is 10.1. The van der Waals surface area contributed by atoms with Crippen molar-refractivity contribution in [1.29, 1.82) is 0 Å². The minimum atomic E-state index is 0.511. The van der Waals surface area contributed by atoms with Crippen LogP contribution in [0.25, 0.3) is 0 Å². The monoisotopic (exact) mass is 156 g/mol. The molecule has 57 valence electrons. The second kappa shape index (κ2) is 4.02. The third-order valence-corrected chi connectivity index (χ3v) is 2.98. The van der Waals surface area contributed by atoms with Crippen LogP contribution in [0.1, 0.15) is 33.1 Å². The van der Waals surface area contributed by atoms with Crippen LogP contribution in [0.4, 0.5) is 0 Å². The van der Waals surface area contributed by atoms with E-state index in [1.54, 1.807) is 11.8 Å². The van der Waals surface area contributed by atoms with Gasteiger partial charge < -0.3 is 0 Å². The summed E-state index contributed by atoms with van der Waals surface area (Å²) in [6.45, 7) is 4.40. The Hall–Kier alpha value is 0.0200. The van der Waals surface area contributed by atoms with Crippen LogP contribution in [-0.2, 0) is 0 Å². The number of nitrogens with zero attached hydrogens (tertiary/aromatic N) is 1. The fourth-order valence-electron chi connectivity index (χ4n) is 1.07. The SMILES string of the molecule is CCCCC1S[C]=NC1C. The molecule has 1 aliphatic heterocycles. The summed E-state index contributed by atoms with van der Waals surface area (Å²) in [6, 6.07) is 0.511. The van der Waals surface area contributed by atoms with Gasteiger partial charge in [0, 0.05) is 5.25 Å². The van der Waals surface area contributed by atoms with E-state index in [0.29, 0.717) is 6.04 Å². The molecular weight excluding hydrogens is 142 g/mol. The topological polar surface area (TPSA) is 12.4 Å². The summed E-state index contributed by atoms with van der Waals surface area (Å²) in [5.41, 5.74) is 2.97. The highest BCUT2D eigenvalue weighted by Crippen LogP contribution is 2.25. The molecule has 0 aromatic rings. The maximum Gasteiger partial charge on any atom is 0.123 e. The fourth-order valence-corrected chi connectivity index (χ4v) is 1.97. The smallest absolute Gasteiger partial charge is 0.123 e. The minimum absolute atomic E-state index is 0.511. The number of unbranched alkanes of at least 4 members (excludes halogenated alkanes) is 1. The average Bonchev–Trinajstić information content (AvgIpc) is 2.31. The van der Waals surface area contributed by atoms with Crippen molar-refractivity contribution in [3.05, 3.63) is 0 Å². The molecule has 0 aromatic heterocycles. The van der Waals surface area contributed by atoms with Crippen molar-refractivity contribution in [2.45, 2.75) is 44.4 Å². The highest BCUT2D eigenvalue weighted by Gasteiger charge is 2.19. The molecule has 1 aliphatic rings. The van der Waals surface area contributed by atoms with Gasteiger partial charge in [0.2, 0.25) is 0 Å². The number of rotatable bonds is 3. The minimum Gasteiger partial charge on any atom is -0.271 e. The highest BCUT2D eigenvalue weighted by molar-refractivity contribution is 8.12. The van der Waals surface area contributed by atoms with Gasteiger partial charge in [0.25, 0.3) is 0 Å². The maximum atomic E-state index is 4.18. The van der Waals surface area contributed by atoms with Gasteiger partial charge in [-0.1, -0.05) is 31.5 Å². The molecule has 0 fully saturated rings. The van der Waals surface area contributed by atoms with E-state index in [1.165, 1.54) is 19.3 Å². The Morgan fingerprint density at radius 3 is 2.90 bits per heavy atom. The van der Waals surface area contributed by atoms with Crippen LogP contribution in [-0.4, -0.2) is 16.8 Å². The first-order chi connectivity index (χ1) is 4.84. The van der Waals surface area contributed by atoms with Gasteiger partial charge in [0.1, 0.15) is 5.55 Å². The number of thioether (sulfide) groups is 1. The van der Waals surface area contributed by atoms with Crippen molar-refractivity contribution in [1.82, 2.24) is 0 Å². The average molecular weight is 156 g/mol. The summed E-state index contributed by atoms with van der Waals surface area (Å²) >= 11 is 1.77. The van der Waals surface area contributed by atoms with Gasteiger partial charge >= 0.3 is 0 Å². The highest BCUT2D eigenvalue weighted by atomic mass is 32.2. The summed E-state index contributed by atoms with van der Waals surface area (Å²) in [6.07, 6.45) is 3.93. The zero-order valence-electron chi connectivity index (χ0n) is 6.63. The molecule has 0 spiro atoms. The standard InChI is InChI=1S/C8H14NS/c1-3-4-5-8-7(2)9-6-10-8/h7-8H,3-5H2,1-2H3. The van der Waals surface area contributed by atoms with Crippen LogP contribution < -0.4 is 0 Å². The molecule has 0 aromatic carbocycles. The number of hydrogen-bond donors (Lipinski definition) is 0. The van der Waals surface area contributed by atoms with E-state index in [4.69, 9.17) is 0 Å². The molecule has 10 heavy (non-hydrogen) atoms. The van der Waals surface area contributed by atoms with Crippen LogP contribution in [0.3, 0.4) is 0 Å². The molecule has 0 saturated carbocycles. The van der Waals surface area contributed by atoms with Crippen LogP contribution in [0, 0.1) is 0 Å². The van der Waals surface area contributed by atoms with Crippen molar-refractivity contribution >= 4 is 17.3 Å². The zero-order valence-corrected chi connectivity index (χ0v) is 7.45. The Labute approximate surface area is 67.3 Å². The zero-order chi connectivity index (χ0) is 7.40. The molecule has 1 heterocycles. The first-order valence-electron chi connectivity index (χ1n) is 3.95. The van der Waals surface area contributed by atoms with Crippen LogP contribution in [0.2, 0.25) is 0 Å². The Bertz CT molecular complexity index is 122. The van der Waals surface area contributed by atoms with Gasteiger partial charge in [-0.3, -0.25) is 4.99 Å². The Morgan fingerprint density at radius 1 is 1.60 bits per heavy atom. The Balaban J connectivity index is 2.17. The van der Waals surface area contributed by atoms with Gasteiger partial charge in [0.15, 0.2) is 0 Å². The summed E-state index contributed by atoms with van der Waals surface area (Å²) in [4.78, 5) is 4.18. The normalized spacial score (nSPS) is 31.4.